The molecule has 1 fully saturated rings. The van der Waals surface area contributed by atoms with Crippen LogP contribution in [0.3, 0.4) is 0 Å². The number of hydrogen-bond acceptors (Lipinski definition) is 10. The molecule has 3 heterocycles. The van der Waals surface area contributed by atoms with Crippen molar-refractivity contribution in [2.75, 3.05) is 13.1 Å². The fourth-order valence-corrected chi connectivity index (χ4v) is 7.73. The van der Waals surface area contributed by atoms with Gasteiger partial charge in [0.25, 0.3) is 11.8 Å². The van der Waals surface area contributed by atoms with Gasteiger partial charge in [0.05, 0.1) is 24.8 Å². The topological polar surface area (TPSA) is 209 Å². The summed E-state index contributed by atoms with van der Waals surface area (Å²) in [5, 5.41) is 9.98. The molecule has 16 nitrogen and oxygen atoms in total. The third kappa shape index (κ3) is 11.8. The summed E-state index contributed by atoms with van der Waals surface area (Å²) in [6.07, 6.45) is 2.37. The Morgan fingerprint density at radius 3 is 2.17 bits per heavy atom. The molecule has 18 heteroatoms. The number of carbonyl (C=O) groups is 7. The number of rotatable bonds is 16. The van der Waals surface area contributed by atoms with Crippen molar-refractivity contribution in [3.8, 4) is 0 Å². The van der Waals surface area contributed by atoms with Crippen LogP contribution < -0.4 is 21.3 Å². The Morgan fingerprint density at radius 1 is 0.875 bits per heavy atom. The van der Waals surface area contributed by atoms with Gasteiger partial charge in [0.15, 0.2) is 0 Å². The first-order valence-electron chi connectivity index (χ1n) is 21.5. The summed E-state index contributed by atoms with van der Waals surface area (Å²) in [6, 6.07) is 9.31. The molecule has 5 rings (SSSR count). The molecule has 344 valence electrons. The van der Waals surface area contributed by atoms with E-state index in [0.717, 1.165) is 16.0 Å². The highest BCUT2D eigenvalue weighted by Crippen LogP contribution is 2.30. The van der Waals surface area contributed by atoms with Gasteiger partial charge in [-0.3, -0.25) is 33.8 Å². The first-order chi connectivity index (χ1) is 30.2. The van der Waals surface area contributed by atoms with Crippen LogP contribution >= 0.6 is 0 Å². The molecular formula is C46H58F2N8O8. The molecule has 0 radical (unpaired) electrons. The van der Waals surface area contributed by atoms with Crippen molar-refractivity contribution in [2.45, 2.75) is 123 Å². The maximum Gasteiger partial charge on any atom is 0.410 e. The van der Waals surface area contributed by atoms with Gasteiger partial charge in [-0.05, 0) is 47.8 Å². The third-order valence-corrected chi connectivity index (χ3v) is 11.4. The quantitative estimate of drug-likeness (QED) is 0.150. The van der Waals surface area contributed by atoms with Crippen LogP contribution in [0.25, 0.3) is 0 Å². The third-order valence-electron chi connectivity index (χ3n) is 11.4. The molecule has 2 aliphatic rings. The van der Waals surface area contributed by atoms with Gasteiger partial charge in [0.2, 0.25) is 23.5 Å². The highest BCUT2D eigenvalue weighted by Gasteiger charge is 2.52. The van der Waals surface area contributed by atoms with E-state index in [1.165, 1.54) is 30.4 Å². The highest BCUT2D eigenvalue weighted by atomic mass is 19.3. The first-order valence-corrected chi connectivity index (χ1v) is 21.5. The van der Waals surface area contributed by atoms with Gasteiger partial charge < -0.3 is 35.8 Å². The first kappa shape index (κ1) is 48.7. The number of ketones is 1. The lowest BCUT2D eigenvalue weighted by Crippen LogP contribution is -2.62. The summed E-state index contributed by atoms with van der Waals surface area (Å²) in [6.45, 7) is 11.8. The number of amides is 6. The molecule has 0 unspecified atom stereocenters. The zero-order chi connectivity index (χ0) is 46.9. The molecule has 0 saturated carbocycles. The number of alkyl halides is 2. The summed E-state index contributed by atoms with van der Waals surface area (Å²) in [5.74, 6) is -11.9. The lowest BCUT2D eigenvalue weighted by atomic mass is 9.85. The van der Waals surface area contributed by atoms with Gasteiger partial charge in [-0.1, -0.05) is 103 Å². The molecule has 1 aromatic heterocycles. The van der Waals surface area contributed by atoms with Crippen molar-refractivity contribution in [2.24, 2.45) is 11.3 Å². The van der Waals surface area contributed by atoms with Gasteiger partial charge in [-0.2, -0.15) is 8.78 Å². The molecule has 6 amide bonds. The molecule has 2 aromatic carbocycles. The Labute approximate surface area is 371 Å². The van der Waals surface area contributed by atoms with E-state index in [2.05, 4.69) is 31.2 Å². The second-order valence-electron chi connectivity index (χ2n) is 17.7. The molecule has 0 bridgehead atoms. The average Bonchev–Trinajstić information content (AvgIpc) is 3.70. The summed E-state index contributed by atoms with van der Waals surface area (Å²) < 4.78 is 37.3. The predicted molar refractivity (Wildman–Crippen MR) is 230 cm³/mol. The van der Waals surface area contributed by atoms with Gasteiger partial charge in [0, 0.05) is 31.9 Å². The van der Waals surface area contributed by atoms with Crippen molar-refractivity contribution in [1.82, 2.24) is 41.0 Å². The summed E-state index contributed by atoms with van der Waals surface area (Å²) >= 11 is 0. The maximum atomic E-state index is 15.7. The van der Waals surface area contributed by atoms with Crippen molar-refractivity contribution >= 4 is 41.4 Å². The van der Waals surface area contributed by atoms with E-state index < -0.39 is 95.0 Å². The molecule has 0 spiro atoms. The number of likely N-dealkylation sites (tertiary alicyclic amines) is 1. The van der Waals surface area contributed by atoms with E-state index >= 15 is 8.78 Å². The van der Waals surface area contributed by atoms with E-state index in [4.69, 9.17) is 4.74 Å². The maximum absolute atomic E-state index is 15.7. The number of Topliss-reactive ketones (excluding diaryl/α,β-unsaturated/α-hetero) is 1. The second kappa shape index (κ2) is 20.9. The van der Waals surface area contributed by atoms with Crippen LogP contribution in [0.5, 0.6) is 0 Å². The largest absolute Gasteiger partial charge is 0.444 e. The van der Waals surface area contributed by atoms with E-state index in [1.807, 2.05) is 24.3 Å². The lowest BCUT2D eigenvalue weighted by molar-refractivity contribution is -0.161. The van der Waals surface area contributed by atoms with Crippen LogP contribution in [-0.4, -0.2) is 110 Å². The summed E-state index contributed by atoms with van der Waals surface area (Å²) in [7, 11) is 0. The zero-order valence-electron chi connectivity index (χ0n) is 37.2. The van der Waals surface area contributed by atoms with Gasteiger partial charge in [-0.15, -0.1) is 0 Å². The minimum absolute atomic E-state index is 0.0373. The molecule has 1 saturated heterocycles. The van der Waals surface area contributed by atoms with Gasteiger partial charge in [0.1, 0.15) is 29.9 Å². The standard InChI is InChI=1S/C46H58F2N8O8/c1-8-14-33(38(57)46(47,48)43(62)51-28(4)29-15-10-9-11-16-29)52-40(59)35-23-32(64-44(63)55-22-19-30-17-12-13-18-31(30)25-55)26-56(35)42(61)37(45(5,6)7)54-41(60)36(27(2)3)53-39(58)34-24-49-20-21-50-34/h9-13,15-18,20-21,24,27-28,32-33,35-37H,8,14,19,22-23,25-26H2,1-7H3,(H,51,62)(H,52,59)(H,53,58)(H,54,60)/t28-,32+,33-,35-,36+,37-/m0/s1. The minimum atomic E-state index is -4.55. The number of hydrogen-bond donors (Lipinski definition) is 4. The minimum Gasteiger partial charge on any atom is -0.444 e. The molecule has 2 aliphatic heterocycles. The number of benzene rings is 2. The fraction of sp³-hybridized carbons (Fsp3) is 0.500. The zero-order valence-corrected chi connectivity index (χ0v) is 37.2. The van der Waals surface area contributed by atoms with E-state index in [1.54, 1.807) is 71.9 Å². The Balaban J connectivity index is 1.39. The number of carbonyl (C=O) groups excluding carboxylic acids is 7. The number of aromatic nitrogens is 2. The van der Waals surface area contributed by atoms with E-state index in [9.17, 15) is 33.6 Å². The number of nitrogens with zero attached hydrogens (tertiary/aromatic N) is 4. The Morgan fingerprint density at radius 2 is 1.55 bits per heavy atom. The van der Waals surface area contributed by atoms with Gasteiger partial charge >= 0.3 is 12.0 Å². The molecule has 64 heavy (non-hydrogen) atoms. The molecule has 3 aromatic rings. The van der Waals surface area contributed by atoms with Crippen LogP contribution in [0.4, 0.5) is 13.6 Å². The van der Waals surface area contributed by atoms with Crippen LogP contribution in [0.1, 0.15) is 101 Å². The highest BCUT2D eigenvalue weighted by molar-refractivity contribution is 6.11. The van der Waals surface area contributed by atoms with Crippen LogP contribution in [0, 0.1) is 11.3 Å². The van der Waals surface area contributed by atoms with Gasteiger partial charge in [-0.25, -0.2) is 9.78 Å². The second-order valence-corrected chi connectivity index (χ2v) is 17.7. The number of halogens is 2. The van der Waals surface area contributed by atoms with Crippen molar-refractivity contribution < 1.29 is 47.1 Å². The van der Waals surface area contributed by atoms with Crippen LogP contribution in [-0.2, 0) is 41.7 Å². The van der Waals surface area contributed by atoms with Crippen LogP contribution in [0.2, 0.25) is 0 Å². The van der Waals surface area contributed by atoms with Crippen molar-refractivity contribution in [1.29, 1.82) is 0 Å². The molecule has 0 aliphatic carbocycles. The Bertz CT molecular complexity index is 2170. The predicted octanol–water partition coefficient (Wildman–Crippen LogP) is 4.29. The lowest BCUT2D eigenvalue weighted by Gasteiger charge is -2.36. The smallest absolute Gasteiger partial charge is 0.410 e. The van der Waals surface area contributed by atoms with E-state index in [0.29, 0.717) is 18.5 Å². The number of ether oxygens (including phenoxy) is 1. The monoisotopic (exact) mass is 888 g/mol. The molecular weight excluding hydrogens is 831 g/mol. The molecule has 4 N–H and O–H groups in total. The van der Waals surface area contributed by atoms with E-state index in [-0.39, 0.29) is 38.0 Å². The van der Waals surface area contributed by atoms with Crippen molar-refractivity contribution in [3.05, 3.63) is 95.6 Å². The number of nitrogens with one attached hydrogen (secondary N) is 4. The van der Waals surface area contributed by atoms with Crippen molar-refractivity contribution in [3.63, 3.8) is 0 Å². The SMILES string of the molecule is CCC[C@H](NC(=O)[C@@H]1C[C@@H](OC(=O)N2CCc3ccccc3C2)CN1C(=O)[C@H](NC(=O)[C@H](NC(=O)c1cnccn1)C(C)C)C(C)(C)C)C(=O)C(F)(F)C(=O)N[C@@H](C)c1ccccc1. The van der Waals surface area contributed by atoms with Crippen LogP contribution in [0.15, 0.2) is 73.2 Å². The summed E-state index contributed by atoms with van der Waals surface area (Å²) in [4.78, 5) is 107. The molecule has 6 atom stereocenters. The average molecular weight is 889 g/mol. The Hall–Kier alpha value is -6.33. The fourth-order valence-electron chi connectivity index (χ4n) is 7.73. The normalized spacial score (nSPS) is 18.2. The Kier molecular flexibility index (Phi) is 15.9. The summed E-state index contributed by atoms with van der Waals surface area (Å²) in [5.41, 5.74) is 1.50. The number of fused-ring (bicyclic) bond motifs is 1.